The number of hydrogen-bond acceptors (Lipinski definition) is 4. The van der Waals surface area contributed by atoms with Crippen LogP contribution in [0.3, 0.4) is 0 Å². The van der Waals surface area contributed by atoms with Crippen molar-refractivity contribution in [1.82, 2.24) is 14.9 Å². The molecule has 0 bridgehead atoms. The Morgan fingerprint density at radius 3 is 2.71 bits per heavy atom. The van der Waals surface area contributed by atoms with Gasteiger partial charge in [-0.2, -0.15) is 0 Å². The lowest BCUT2D eigenvalue weighted by molar-refractivity contribution is -0.128. The van der Waals surface area contributed by atoms with E-state index in [-0.39, 0.29) is 17.7 Å². The topological polar surface area (TPSA) is 58.1 Å². The summed E-state index contributed by atoms with van der Waals surface area (Å²) in [5.74, 6) is 0.648. The molecule has 0 radical (unpaired) electrons. The van der Waals surface area contributed by atoms with Crippen molar-refractivity contribution in [3.05, 3.63) is 17.0 Å². The number of nitrogens with one attached hydrogen (secondary N) is 1. The number of halogens is 1. The molecule has 1 aromatic heterocycles. The molecule has 1 N–H and O–H groups in total. The molecule has 1 rings (SSSR count). The summed E-state index contributed by atoms with van der Waals surface area (Å²) in [7, 11) is 0. The third-order valence-electron chi connectivity index (χ3n) is 2.47. The minimum atomic E-state index is 0.0455. The smallest absolute Gasteiger partial charge is 0.241 e. The summed E-state index contributed by atoms with van der Waals surface area (Å²) in [6.07, 6.45) is 1.62. The second kappa shape index (κ2) is 6.39. The van der Waals surface area contributed by atoms with Crippen LogP contribution in [0.25, 0.3) is 0 Å². The van der Waals surface area contributed by atoms with Crippen molar-refractivity contribution in [2.24, 2.45) is 0 Å². The Hall–Kier alpha value is -1.36. The fourth-order valence-electron chi connectivity index (χ4n) is 1.45. The number of anilines is 1. The van der Waals surface area contributed by atoms with E-state index in [4.69, 9.17) is 11.6 Å². The van der Waals surface area contributed by atoms with E-state index in [2.05, 4.69) is 15.3 Å². The highest BCUT2D eigenvalue weighted by molar-refractivity contribution is 6.28. The van der Waals surface area contributed by atoms with Crippen LogP contribution in [0.15, 0.2) is 6.20 Å². The monoisotopic (exact) mass is 256 g/mol. The van der Waals surface area contributed by atoms with Crippen LogP contribution in [0.5, 0.6) is 0 Å². The number of rotatable bonds is 5. The molecule has 0 unspecified atom stereocenters. The molecule has 1 aromatic rings. The SMILES string of the molecule is CCN(CC)C(=O)CNc1nc(Cl)ncc1C. The first-order valence-corrected chi connectivity index (χ1v) is 5.97. The number of likely N-dealkylation sites (N-methyl/N-ethyl adjacent to an activating group) is 1. The Labute approximate surface area is 106 Å². The molecule has 0 aromatic carbocycles. The molecule has 0 spiro atoms. The van der Waals surface area contributed by atoms with Crippen LogP contribution in [0.2, 0.25) is 5.28 Å². The van der Waals surface area contributed by atoms with Crippen LogP contribution in [0, 0.1) is 6.92 Å². The van der Waals surface area contributed by atoms with Crippen molar-refractivity contribution in [2.45, 2.75) is 20.8 Å². The molecule has 5 nitrogen and oxygen atoms in total. The first-order chi connectivity index (χ1) is 8.08. The van der Waals surface area contributed by atoms with Gasteiger partial charge in [0.15, 0.2) is 0 Å². The van der Waals surface area contributed by atoms with E-state index >= 15 is 0 Å². The Balaban J connectivity index is 2.61. The zero-order valence-electron chi connectivity index (χ0n) is 10.3. The third kappa shape index (κ3) is 3.85. The molecule has 0 saturated heterocycles. The van der Waals surface area contributed by atoms with Gasteiger partial charge in [0, 0.05) is 24.8 Å². The van der Waals surface area contributed by atoms with E-state index in [1.165, 1.54) is 0 Å². The van der Waals surface area contributed by atoms with E-state index in [1.807, 2.05) is 20.8 Å². The molecular formula is C11H17ClN4O. The Kier molecular flexibility index (Phi) is 5.15. The van der Waals surface area contributed by atoms with Gasteiger partial charge >= 0.3 is 0 Å². The molecule has 0 aliphatic heterocycles. The van der Waals surface area contributed by atoms with Gasteiger partial charge < -0.3 is 10.2 Å². The fourth-order valence-corrected chi connectivity index (χ4v) is 1.58. The third-order valence-corrected chi connectivity index (χ3v) is 2.65. The Morgan fingerprint density at radius 1 is 1.47 bits per heavy atom. The number of amides is 1. The van der Waals surface area contributed by atoms with E-state index in [0.29, 0.717) is 18.9 Å². The van der Waals surface area contributed by atoms with Crippen molar-refractivity contribution < 1.29 is 4.79 Å². The summed E-state index contributed by atoms with van der Waals surface area (Å²) < 4.78 is 0. The second-order valence-electron chi connectivity index (χ2n) is 3.59. The van der Waals surface area contributed by atoms with E-state index in [9.17, 15) is 4.79 Å². The summed E-state index contributed by atoms with van der Waals surface area (Å²) in [6, 6.07) is 0. The van der Waals surface area contributed by atoms with E-state index in [1.54, 1.807) is 11.1 Å². The Bertz CT molecular complexity index is 393. The van der Waals surface area contributed by atoms with Crippen molar-refractivity contribution in [3.8, 4) is 0 Å². The lowest BCUT2D eigenvalue weighted by atomic mass is 10.3. The van der Waals surface area contributed by atoms with Gasteiger partial charge in [0.05, 0.1) is 6.54 Å². The van der Waals surface area contributed by atoms with Gasteiger partial charge in [0.2, 0.25) is 11.2 Å². The Morgan fingerprint density at radius 2 is 2.12 bits per heavy atom. The van der Waals surface area contributed by atoms with E-state index in [0.717, 1.165) is 5.56 Å². The van der Waals surface area contributed by atoms with Crippen molar-refractivity contribution >= 4 is 23.3 Å². The van der Waals surface area contributed by atoms with Crippen LogP contribution in [0.4, 0.5) is 5.82 Å². The van der Waals surface area contributed by atoms with Crippen LogP contribution in [-0.2, 0) is 4.79 Å². The highest BCUT2D eigenvalue weighted by atomic mass is 35.5. The summed E-state index contributed by atoms with van der Waals surface area (Å²) in [6.45, 7) is 7.40. The summed E-state index contributed by atoms with van der Waals surface area (Å²) in [4.78, 5) is 21.4. The molecule has 1 amide bonds. The average molecular weight is 257 g/mol. The van der Waals surface area contributed by atoms with Crippen molar-refractivity contribution in [1.29, 1.82) is 0 Å². The average Bonchev–Trinajstić information content (AvgIpc) is 2.32. The fraction of sp³-hybridized carbons (Fsp3) is 0.545. The quantitative estimate of drug-likeness (QED) is 0.815. The van der Waals surface area contributed by atoms with Crippen LogP contribution in [0.1, 0.15) is 19.4 Å². The normalized spacial score (nSPS) is 10.1. The minimum Gasteiger partial charge on any atom is -0.361 e. The number of nitrogens with zero attached hydrogens (tertiary/aromatic N) is 3. The minimum absolute atomic E-state index is 0.0455. The first kappa shape index (κ1) is 13.7. The predicted octanol–water partition coefficient (Wildman–Crippen LogP) is 1.72. The van der Waals surface area contributed by atoms with Gasteiger partial charge in [-0.15, -0.1) is 0 Å². The highest BCUT2D eigenvalue weighted by Crippen LogP contribution is 2.12. The lowest BCUT2D eigenvalue weighted by Crippen LogP contribution is -2.35. The maximum Gasteiger partial charge on any atom is 0.241 e. The zero-order chi connectivity index (χ0) is 12.8. The van der Waals surface area contributed by atoms with E-state index < -0.39 is 0 Å². The molecule has 0 fully saturated rings. The second-order valence-corrected chi connectivity index (χ2v) is 3.93. The van der Waals surface area contributed by atoms with Crippen LogP contribution < -0.4 is 5.32 Å². The van der Waals surface area contributed by atoms with Gasteiger partial charge in [-0.05, 0) is 32.4 Å². The number of carbonyl (C=O) groups excluding carboxylic acids is 1. The van der Waals surface area contributed by atoms with Gasteiger partial charge in [0.25, 0.3) is 0 Å². The molecule has 0 saturated carbocycles. The van der Waals surface area contributed by atoms with Gasteiger partial charge in [0.1, 0.15) is 5.82 Å². The van der Waals surface area contributed by atoms with Gasteiger partial charge in [-0.3, -0.25) is 4.79 Å². The summed E-state index contributed by atoms with van der Waals surface area (Å²) >= 11 is 5.69. The molecule has 6 heteroatoms. The molecule has 0 aliphatic rings. The van der Waals surface area contributed by atoms with Gasteiger partial charge in [-0.25, -0.2) is 9.97 Å². The van der Waals surface area contributed by atoms with Crippen LogP contribution >= 0.6 is 11.6 Å². The first-order valence-electron chi connectivity index (χ1n) is 5.59. The molecule has 1 heterocycles. The van der Waals surface area contributed by atoms with Gasteiger partial charge in [-0.1, -0.05) is 0 Å². The lowest BCUT2D eigenvalue weighted by Gasteiger charge is -2.19. The summed E-state index contributed by atoms with van der Waals surface area (Å²) in [5, 5.41) is 3.15. The predicted molar refractivity (Wildman–Crippen MR) is 68.2 cm³/mol. The number of aryl methyl sites for hydroxylation is 1. The number of carbonyl (C=O) groups is 1. The molecule has 0 atom stereocenters. The molecule has 0 aliphatic carbocycles. The number of hydrogen-bond donors (Lipinski definition) is 1. The maximum atomic E-state index is 11.8. The van der Waals surface area contributed by atoms with Crippen LogP contribution in [-0.4, -0.2) is 40.4 Å². The van der Waals surface area contributed by atoms with Crippen molar-refractivity contribution in [3.63, 3.8) is 0 Å². The summed E-state index contributed by atoms with van der Waals surface area (Å²) in [5.41, 5.74) is 0.863. The largest absolute Gasteiger partial charge is 0.361 e. The maximum absolute atomic E-state index is 11.8. The highest BCUT2D eigenvalue weighted by Gasteiger charge is 2.10. The standard InChI is InChI=1S/C11H17ClN4O/c1-4-16(5-2)9(17)7-13-10-8(3)6-14-11(12)15-10/h6H,4-5,7H2,1-3H3,(H,13,14,15). The molecule has 17 heavy (non-hydrogen) atoms. The molecule has 94 valence electrons. The van der Waals surface area contributed by atoms with Crippen molar-refractivity contribution in [2.75, 3.05) is 25.0 Å². The zero-order valence-corrected chi connectivity index (χ0v) is 11.1. The molecular weight excluding hydrogens is 240 g/mol. The number of aromatic nitrogens is 2.